The second-order valence-corrected chi connectivity index (χ2v) is 7.93. The van der Waals surface area contributed by atoms with Gasteiger partial charge in [0.25, 0.3) is 5.56 Å². The average Bonchev–Trinajstić information content (AvgIpc) is 3.36. The monoisotopic (exact) mass is 412 g/mol. The standard InChI is InChI=1S/C20H28N8O2/c1-12(2)28-11-25-16-14(21-9-23-19(16)28)6-8-30-7-4-5-13(3)15-17-18(27-26-15)20(29)24-10-22-17/h9-14H,4-8H2,1-3H3,(H,21,23)(H,26,27)(H,22,24,29). The second kappa shape index (κ2) is 8.78. The van der Waals surface area contributed by atoms with Gasteiger partial charge in [0.05, 0.1) is 30.7 Å². The molecule has 0 radical (unpaired) electrons. The van der Waals surface area contributed by atoms with Crippen molar-refractivity contribution in [3.05, 3.63) is 34.4 Å². The lowest BCUT2D eigenvalue weighted by molar-refractivity contribution is 0.122. The maximum absolute atomic E-state index is 11.8. The molecular weight excluding hydrogens is 384 g/mol. The van der Waals surface area contributed by atoms with Gasteiger partial charge in [-0.3, -0.25) is 14.9 Å². The Bertz CT molecular complexity index is 1080. The van der Waals surface area contributed by atoms with Crippen molar-refractivity contribution in [3.63, 3.8) is 0 Å². The van der Waals surface area contributed by atoms with Crippen LogP contribution in [0.3, 0.4) is 0 Å². The van der Waals surface area contributed by atoms with Crippen LogP contribution in [0.15, 0.2) is 22.4 Å². The van der Waals surface area contributed by atoms with Crippen LogP contribution < -0.4 is 10.9 Å². The summed E-state index contributed by atoms with van der Waals surface area (Å²) in [5.41, 5.74) is 2.66. The van der Waals surface area contributed by atoms with Crippen molar-refractivity contribution in [1.29, 1.82) is 0 Å². The molecule has 2 unspecified atom stereocenters. The minimum atomic E-state index is -0.222. The Hall–Kier alpha value is -3.01. The molecule has 0 amide bonds. The molecule has 10 nitrogen and oxygen atoms in total. The van der Waals surface area contributed by atoms with E-state index >= 15 is 0 Å². The van der Waals surface area contributed by atoms with Gasteiger partial charge in [0.1, 0.15) is 17.0 Å². The minimum Gasteiger partial charge on any atom is -0.381 e. The van der Waals surface area contributed by atoms with Crippen LogP contribution in [0.4, 0.5) is 5.82 Å². The van der Waals surface area contributed by atoms with E-state index in [2.05, 4.69) is 60.8 Å². The SMILES string of the molecule is CC(CCCOCCC1N=CNc2c1ncn2C(C)C)c1[nH]nc2c(=O)[nH]cnc12. The number of hydrogen-bond acceptors (Lipinski definition) is 7. The van der Waals surface area contributed by atoms with Crippen LogP contribution in [0.2, 0.25) is 0 Å². The predicted molar refractivity (Wildman–Crippen MR) is 115 cm³/mol. The molecule has 2 atom stereocenters. The predicted octanol–water partition coefficient (Wildman–Crippen LogP) is 2.91. The number of aromatic nitrogens is 6. The lowest BCUT2D eigenvalue weighted by atomic mass is 10.0. The van der Waals surface area contributed by atoms with Gasteiger partial charge in [-0.2, -0.15) is 5.10 Å². The quantitative estimate of drug-likeness (QED) is 0.464. The number of H-pyrrole nitrogens is 2. The van der Waals surface area contributed by atoms with Crippen LogP contribution in [0.5, 0.6) is 0 Å². The van der Waals surface area contributed by atoms with E-state index in [0.29, 0.717) is 30.3 Å². The molecule has 30 heavy (non-hydrogen) atoms. The van der Waals surface area contributed by atoms with Crippen molar-refractivity contribution < 1.29 is 4.74 Å². The molecule has 0 aliphatic carbocycles. The first kappa shape index (κ1) is 20.3. The number of ether oxygens (including phenoxy) is 1. The number of anilines is 1. The summed E-state index contributed by atoms with van der Waals surface area (Å²) in [6, 6.07) is 0.375. The third-order valence-electron chi connectivity index (χ3n) is 5.48. The van der Waals surface area contributed by atoms with E-state index in [1.54, 1.807) is 6.34 Å². The molecule has 0 bridgehead atoms. The van der Waals surface area contributed by atoms with Crippen molar-refractivity contribution in [2.75, 3.05) is 18.5 Å². The molecular formula is C20H28N8O2. The third kappa shape index (κ3) is 4.00. The highest BCUT2D eigenvalue weighted by molar-refractivity contribution is 5.78. The van der Waals surface area contributed by atoms with Gasteiger partial charge in [-0.05, 0) is 33.1 Å². The van der Waals surface area contributed by atoms with Crippen molar-refractivity contribution in [3.8, 4) is 0 Å². The average molecular weight is 412 g/mol. The van der Waals surface area contributed by atoms with E-state index < -0.39 is 0 Å². The van der Waals surface area contributed by atoms with Crippen molar-refractivity contribution in [2.45, 2.75) is 58.0 Å². The summed E-state index contributed by atoms with van der Waals surface area (Å²) in [6.07, 6.45) is 7.66. The highest BCUT2D eigenvalue weighted by Crippen LogP contribution is 2.31. The summed E-state index contributed by atoms with van der Waals surface area (Å²) in [4.78, 5) is 27.6. The fourth-order valence-electron chi connectivity index (χ4n) is 3.77. The van der Waals surface area contributed by atoms with Gasteiger partial charge in [0.15, 0.2) is 5.52 Å². The molecule has 3 aromatic heterocycles. The molecule has 0 saturated carbocycles. The summed E-state index contributed by atoms with van der Waals surface area (Å²) >= 11 is 0. The van der Waals surface area contributed by atoms with Crippen LogP contribution >= 0.6 is 0 Å². The molecule has 3 aromatic rings. The van der Waals surface area contributed by atoms with Gasteiger partial charge < -0.3 is 19.6 Å². The summed E-state index contributed by atoms with van der Waals surface area (Å²) < 4.78 is 7.98. The van der Waals surface area contributed by atoms with E-state index in [4.69, 9.17) is 4.74 Å². The highest BCUT2D eigenvalue weighted by Gasteiger charge is 2.23. The molecule has 0 spiro atoms. The Morgan fingerprint density at radius 1 is 1.20 bits per heavy atom. The summed E-state index contributed by atoms with van der Waals surface area (Å²) in [7, 11) is 0. The number of rotatable bonds is 9. The number of nitrogens with zero attached hydrogens (tertiary/aromatic N) is 5. The molecule has 4 rings (SSSR count). The third-order valence-corrected chi connectivity index (χ3v) is 5.48. The number of nitrogens with one attached hydrogen (secondary N) is 3. The van der Waals surface area contributed by atoms with Gasteiger partial charge >= 0.3 is 0 Å². The molecule has 1 aliphatic heterocycles. The van der Waals surface area contributed by atoms with E-state index in [1.165, 1.54) is 6.33 Å². The highest BCUT2D eigenvalue weighted by atomic mass is 16.5. The number of imidazole rings is 1. The molecule has 0 fully saturated rings. The fraction of sp³-hybridized carbons (Fsp3) is 0.550. The van der Waals surface area contributed by atoms with Gasteiger partial charge in [-0.1, -0.05) is 6.92 Å². The van der Waals surface area contributed by atoms with Crippen LogP contribution in [0, 0.1) is 0 Å². The van der Waals surface area contributed by atoms with Crippen LogP contribution in [0.25, 0.3) is 11.0 Å². The van der Waals surface area contributed by atoms with E-state index in [-0.39, 0.29) is 17.5 Å². The van der Waals surface area contributed by atoms with Gasteiger partial charge in [-0.25, -0.2) is 9.97 Å². The molecule has 4 heterocycles. The molecule has 0 aromatic carbocycles. The first-order valence-electron chi connectivity index (χ1n) is 10.4. The number of hydrogen-bond donors (Lipinski definition) is 3. The lowest BCUT2D eigenvalue weighted by Crippen LogP contribution is -2.15. The topological polar surface area (TPSA) is 126 Å². The Kier molecular flexibility index (Phi) is 5.93. The summed E-state index contributed by atoms with van der Waals surface area (Å²) in [6.45, 7) is 7.68. The van der Waals surface area contributed by atoms with Crippen molar-refractivity contribution in [2.24, 2.45) is 4.99 Å². The van der Waals surface area contributed by atoms with E-state index in [9.17, 15) is 4.79 Å². The number of aromatic amines is 2. The summed E-state index contributed by atoms with van der Waals surface area (Å²) in [5, 5.41) is 10.3. The molecule has 1 aliphatic rings. The Labute approximate surface area is 174 Å². The molecule has 0 saturated heterocycles. The second-order valence-electron chi connectivity index (χ2n) is 7.93. The zero-order chi connectivity index (χ0) is 21.1. The van der Waals surface area contributed by atoms with Crippen molar-refractivity contribution >= 4 is 23.2 Å². The number of aliphatic imine (C=N–C) groups is 1. The zero-order valence-corrected chi connectivity index (χ0v) is 17.6. The summed E-state index contributed by atoms with van der Waals surface area (Å²) in [5.74, 6) is 1.24. The van der Waals surface area contributed by atoms with Crippen molar-refractivity contribution in [1.82, 2.24) is 29.7 Å². The van der Waals surface area contributed by atoms with Gasteiger partial charge in [0.2, 0.25) is 0 Å². The van der Waals surface area contributed by atoms with Gasteiger partial charge in [0, 0.05) is 25.2 Å². The molecule has 10 heteroatoms. The number of fused-ring (bicyclic) bond motifs is 2. The first-order chi connectivity index (χ1) is 14.6. The zero-order valence-electron chi connectivity index (χ0n) is 17.6. The maximum atomic E-state index is 11.8. The first-order valence-corrected chi connectivity index (χ1v) is 10.4. The fourth-order valence-corrected chi connectivity index (χ4v) is 3.77. The minimum absolute atomic E-state index is 0.0284. The van der Waals surface area contributed by atoms with Crippen LogP contribution in [-0.2, 0) is 4.74 Å². The Morgan fingerprint density at radius 3 is 2.90 bits per heavy atom. The van der Waals surface area contributed by atoms with E-state index in [0.717, 1.165) is 36.5 Å². The van der Waals surface area contributed by atoms with Crippen LogP contribution in [0.1, 0.15) is 69.4 Å². The maximum Gasteiger partial charge on any atom is 0.279 e. The molecule has 3 N–H and O–H groups in total. The smallest absolute Gasteiger partial charge is 0.279 e. The Morgan fingerprint density at radius 2 is 2.07 bits per heavy atom. The Balaban J connectivity index is 1.23. The normalized spacial score (nSPS) is 16.7. The largest absolute Gasteiger partial charge is 0.381 e. The van der Waals surface area contributed by atoms with E-state index in [1.807, 2.05) is 6.33 Å². The van der Waals surface area contributed by atoms with Crippen LogP contribution in [-0.4, -0.2) is 49.3 Å². The molecule has 160 valence electrons. The lowest BCUT2D eigenvalue weighted by Gasteiger charge is -2.19. The van der Waals surface area contributed by atoms with Gasteiger partial charge in [-0.15, -0.1) is 0 Å².